The topological polar surface area (TPSA) is 70.2 Å². The summed E-state index contributed by atoms with van der Waals surface area (Å²) in [5.41, 5.74) is 1.16. The zero-order chi connectivity index (χ0) is 22.6. The average Bonchev–Trinajstić information content (AvgIpc) is 3.28. The first kappa shape index (κ1) is 23.4. The van der Waals surface area contributed by atoms with E-state index in [2.05, 4.69) is 4.90 Å². The normalized spacial score (nSPS) is 14.2. The van der Waals surface area contributed by atoms with Gasteiger partial charge in [0, 0.05) is 44.9 Å². The van der Waals surface area contributed by atoms with E-state index in [-0.39, 0.29) is 10.8 Å². The molecule has 1 aliphatic rings. The van der Waals surface area contributed by atoms with Crippen molar-refractivity contribution in [2.45, 2.75) is 17.7 Å². The first-order chi connectivity index (χ1) is 14.7. The van der Waals surface area contributed by atoms with Gasteiger partial charge in [0.15, 0.2) is 0 Å². The SMILES string of the molecule is CN(CCOc1ccc(Cl)cc1)C(=O)c1cc(S(=O)(=O)N(C)C)ccc1N1CCCC1. The van der Waals surface area contributed by atoms with Gasteiger partial charge in [0.25, 0.3) is 5.91 Å². The number of anilines is 1. The highest BCUT2D eigenvalue weighted by Gasteiger charge is 2.26. The van der Waals surface area contributed by atoms with Crippen LogP contribution in [0, 0.1) is 0 Å². The molecule has 0 N–H and O–H groups in total. The second-order valence-corrected chi connectivity index (χ2v) is 10.3. The van der Waals surface area contributed by atoms with E-state index < -0.39 is 10.0 Å². The summed E-state index contributed by atoms with van der Waals surface area (Å²) >= 11 is 5.88. The Hall–Kier alpha value is -2.29. The Morgan fingerprint density at radius 3 is 2.32 bits per heavy atom. The van der Waals surface area contributed by atoms with Gasteiger partial charge in [-0.2, -0.15) is 0 Å². The molecule has 31 heavy (non-hydrogen) atoms. The van der Waals surface area contributed by atoms with Crippen molar-refractivity contribution in [3.05, 3.63) is 53.1 Å². The fourth-order valence-electron chi connectivity index (χ4n) is 3.43. The third-order valence-corrected chi connectivity index (χ3v) is 7.34. The summed E-state index contributed by atoms with van der Waals surface area (Å²) in [6, 6.07) is 11.8. The summed E-state index contributed by atoms with van der Waals surface area (Å²) in [6.07, 6.45) is 2.10. The molecule has 0 unspecified atom stereocenters. The summed E-state index contributed by atoms with van der Waals surface area (Å²) < 4.78 is 32.1. The molecule has 168 valence electrons. The van der Waals surface area contributed by atoms with Gasteiger partial charge >= 0.3 is 0 Å². The first-order valence-corrected chi connectivity index (χ1v) is 12.0. The molecule has 0 aromatic heterocycles. The summed E-state index contributed by atoms with van der Waals surface area (Å²) in [4.78, 5) is 17.1. The van der Waals surface area contributed by atoms with Crippen LogP contribution in [0.5, 0.6) is 5.75 Å². The third-order valence-electron chi connectivity index (χ3n) is 5.28. The van der Waals surface area contributed by atoms with E-state index in [1.54, 1.807) is 48.3 Å². The molecule has 3 rings (SSSR count). The second kappa shape index (κ2) is 9.89. The van der Waals surface area contributed by atoms with Gasteiger partial charge < -0.3 is 14.5 Å². The van der Waals surface area contributed by atoms with Crippen LogP contribution < -0.4 is 9.64 Å². The van der Waals surface area contributed by atoms with Gasteiger partial charge in [-0.25, -0.2) is 12.7 Å². The molecule has 1 fully saturated rings. The molecule has 1 saturated heterocycles. The maximum absolute atomic E-state index is 13.3. The Morgan fingerprint density at radius 1 is 1.06 bits per heavy atom. The zero-order valence-electron chi connectivity index (χ0n) is 18.0. The van der Waals surface area contributed by atoms with Crippen LogP contribution in [0.2, 0.25) is 5.02 Å². The lowest BCUT2D eigenvalue weighted by Crippen LogP contribution is -2.33. The number of hydrogen-bond acceptors (Lipinski definition) is 5. The van der Waals surface area contributed by atoms with E-state index in [0.29, 0.717) is 29.5 Å². The molecule has 2 aromatic rings. The van der Waals surface area contributed by atoms with Gasteiger partial charge in [-0.1, -0.05) is 11.6 Å². The average molecular weight is 466 g/mol. The molecule has 0 atom stereocenters. The number of carbonyl (C=O) groups excluding carboxylic acids is 1. The second-order valence-electron chi connectivity index (χ2n) is 7.69. The monoisotopic (exact) mass is 465 g/mol. The largest absolute Gasteiger partial charge is 0.492 e. The van der Waals surface area contributed by atoms with Crippen molar-refractivity contribution in [3.63, 3.8) is 0 Å². The number of likely N-dealkylation sites (N-methyl/N-ethyl adjacent to an activating group) is 1. The van der Waals surface area contributed by atoms with Crippen molar-refractivity contribution in [1.29, 1.82) is 0 Å². The number of benzene rings is 2. The molecule has 1 amide bonds. The lowest BCUT2D eigenvalue weighted by atomic mass is 10.1. The standard InChI is InChI=1S/C22H28ClN3O4S/c1-24(2)31(28,29)19-10-11-21(26-12-4-5-13-26)20(16-19)22(27)25(3)14-15-30-18-8-6-17(23)7-9-18/h6-11,16H,4-5,12-15H2,1-3H3. The Morgan fingerprint density at radius 2 is 1.71 bits per heavy atom. The molecule has 1 heterocycles. The van der Waals surface area contributed by atoms with E-state index in [1.165, 1.54) is 20.2 Å². The summed E-state index contributed by atoms with van der Waals surface area (Å²) in [5.74, 6) is 0.430. The number of rotatable bonds is 8. The van der Waals surface area contributed by atoms with Gasteiger partial charge in [0.1, 0.15) is 12.4 Å². The molecular formula is C22H28ClN3O4S. The minimum atomic E-state index is -3.65. The fourth-order valence-corrected chi connectivity index (χ4v) is 4.48. The zero-order valence-corrected chi connectivity index (χ0v) is 19.6. The number of amides is 1. The predicted octanol–water partition coefficient (Wildman–Crippen LogP) is 3.34. The highest BCUT2D eigenvalue weighted by molar-refractivity contribution is 7.89. The predicted molar refractivity (Wildman–Crippen MR) is 123 cm³/mol. The summed E-state index contributed by atoms with van der Waals surface area (Å²) in [6.45, 7) is 2.36. The van der Waals surface area contributed by atoms with Crippen molar-refractivity contribution in [1.82, 2.24) is 9.21 Å². The van der Waals surface area contributed by atoms with Crippen LogP contribution in [0.1, 0.15) is 23.2 Å². The van der Waals surface area contributed by atoms with Crippen LogP contribution >= 0.6 is 11.6 Å². The minimum absolute atomic E-state index is 0.106. The van der Waals surface area contributed by atoms with E-state index in [1.807, 2.05) is 0 Å². The van der Waals surface area contributed by atoms with Crippen molar-refractivity contribution >= 4 is 33.2 Å². The molecule has 0 saturated carbocycles. The summed E-state index contributed by atoms with van der Waals surface area (Å²) in [7, 11) is 0.997. The quantitative estimate of drug-likeness (QED) is 0.598. The number of hydrogen-bond donors (Lipinski definition) is 0. The van der Waals surface area contributed by atoms with Crippen LogP contribution in [0.15, 0.2) is 47.4 Å². The Balaban J connectivity index is 1.80. The number of sulfonamides is 1. The van der Waals surface area contributed by atoms with Crippen LogP contribution in [-0.4, -0.2) is 70.9 Å². The Bertz CT molecular complexity index is 1020. The van der Waals surface area contributed by atoms with E-state index in [0.717, 1.165) is 35.9 Å². The molecule has 7 nitrogen and oxygen atoms in total. The van der Waals surface area contributed by atoms with Gasteiger partial charge in [-0.3, -0.25) is 4.79 Å². The van der Waals surface area contributed by atoms with Crippen LogP contribution in [0.25, 0.3) is 0 Å². The molecule has 0 radical (unpaired) electrons. The van der Waals surface area contributed by atoms with Crippen LogP contribution in [0.4, 0.5) is 5.69 Å². The lowest BCUT2D eigenvalue weighted by molar-refractivity contribution is 0.0774. The molecule has 9 heteroatoms. The van der Waals surface area contributed by atoms with Crippen LogP contribution in [0.3, 0.4) is 0 Å². The van der Waals surface area contributed by atoms with E-state index >= 15 is 0 Å². The number of nitrogens with zero attached hydrogens (tertiary/aromatic N) is 3. The molecule has 0 spiro atoms. The van der Waals surface area contributed by atoms with E-state index in [4.69, 9.17) is 16.3 Å². The lowest BCUT2D eigenvalue weighted by Gasteiger charge is -2.25. The fraction of sp³-hybridized carbons (Fsp3) is 0.409. The van der Waals surface area contributed by atoms with Gasteiger partial charge in [-0.05, 0) is 55.3 Å². The maximum atomic E-state index is 13.3. The smallest absolute Gasteiger partial charge is 0.255 e. The van der Waals surface area contributed by atoms with Gasteiger partial charge in [0.05, 0.1) is 17.0 Å². The molecule has 1 aliphatic heterocycles. The Kier molecular flexibility index (Phi) is 7.46. The molecule has 0 aliphatic carbocycles. The number of ether oxygens (including phenoxy) is 1. The van der Waals surface area contributed by atoms with Crippen molar-refractivity contribution in [2.75, 3.05) is 52.3 Å². The van der Waals surface area contributed by atoms with Crippen molar-refractivity contribution in [2.24, 2.45) is 0 Å². The minimum Gasteiger partial charge on any atom is -0.492 e. The molecule has 0 bridgehead atoms. The molecular weight excluding hydrogens is 438 g/mol. The third kappa shape index (κ3) is 5.50. The van der Waals surface area contributed by atoms with Gasteiger partial charge in [0.2, 0.25) is 10.0 Å². The highest BCUT2D eigenvalue weighted by atomic mass is 35.5. The first-order valence-electron chi connectivity index (χ1n) is 10.2. The van der Waals surface area contributed by atoms with Gasteiger partial charge in [-0.15, -0.1) is 0 Å². The van der Waals surface area contributed by atoms with Crippen molar-refractivity contribution < 1.29 is 17.9 Å². The number of carbonyl (C=O) groups is 1. The highest BCUT2D eigenvalue weighted by Crippen LogP contribution is 2.29. The Labute approximate surface area is 189 Å². The van der Waals surface area contributed by atoms with Crippen LogP contribution in [-0.2, 0) is 10.0 Å². The summed E-state index contributed by atoms with van der Waals surface area (Å²) in [5, 5.41) is 0.627. The number of halogens is 1. The van der Waals surface area contributed by atoms with E-state index in [9.17, 15) is 13.2 Å². The molecule has 2 aromatic carbocycles. The maximum Gasteiger partial charge on any atom is 0.255 e. The van der Waals surface area contributed by atoms with Crippen molar-refractivity contribution in [3.8, 4) is 5.75 Å².